The highest BCUT2D eigenvalue weighted by Crippen LogP contribution is 2.26. The Morgan fingerprint density at radius 2 is 2.00 bits per heavy atom. The van der Waals surface area contributed by atoms with Gasteiger partial charge in [-0.25, -0.2) is 0 Å². The van der Waals surface area contributed by atoms with E-state index in [1.807, 2.05) is 24.3 Å². The van der Waals surface area contributed by atoms with Crippen molar-refractivity contribution < 1.29 is 9.59 Å². The lowest BCUT2D eigenvalue weighted by atomic mass is 9.95. The summed E-state index contributed by atoms with van der Waals surface area (Å²) >= 11 is 0. The van der Waals surface area contributed by atoms with Gasteiger partial charge in [0.1, 0.15) is 6.04 Å². The summed E-state index contributed by atoms with van der Waals surface area (Å²) in [5.74, 6) is 0.0257. The Balaban J connectivity index is 1.71. The minimum atomic E-state index is -0.346. The molecule has 4 heteroatoms. The molecule has 1 aromatic rings. The Bertz CT molecular complexity index is 578. The second-order valence-electron chi connectivity index (χ2n) is 6.74. The first-order valence-corrected chi connectivity index (χ1v) is 8.90. The molecule has 0 radical (unpaired) electrons. The average Bonchev–Trinajstić information content (AvgIpc) is 2.90. The lowest BCUT2D eigenvalue weighted by Gasteiger charge is -2.30. The molecule has 1 aliphatic heterocycles. The van der Waals surface area contributed by atoms with Crippen LogP contribution in [0.15, 0.2) is 24.3 Å². The van der Waals surface area contributed by atoms with E-state index in [1.165, 1.54) is 19.3 Å². The summed E-state index contributed by atoms with van der Waals surface area (Å²) in [5, 5.41) is 3.20. The molecule has 124 valence electrons. The fourth-order valence-corrected chi connectivity index (χ4v) is 3.77. The fraction of sp³-hybridized carbons (Fsp3) is 0.579. The maximum atomic E-state index is 12.8. The first kappa shape index (κ1) is 16.0. The lowest BCUT2D eigenvalue weighted by Crippen LogP contribution is -2.50. The second kappa shape index (κ2) is 7.16. The molecule has 1 atom stereocenters. The Labute approximate surface area is 138 Å². The van der Waals surface area contributed by atoms with Gasteiger partial charge >= 0.3 is 0 Å². The first-order valence-electron chi connectivity index (χ1n) is 8.90. The van der Waals surface area contributed by atoms with Gasteiger partial charge in [-0.3, -0.25) is 9.59 Å². The van der Waals surface area contributed by atoms with Crippen molar-refractivity contribution in [3.63, 3.8) is 0 Å². The zero-order valence-corrected chi connectivity index (χ0v) is 13.9. The zero-order valence-electron chi connectivity index (χ0n) is 13.9. The zero-order chi connectivity index (χ0) is 16.2. The molecule has 4 nitrogen and oxygen atoms in total. The van der Waals surface area contributed by atoms with Crippen molar-refractivity contribution in [2.45, 2.75) is 70.5 Å². The van der Waals surface area contributed by atoms with Gasteiger partial charge in [0.25, 0.3) is 5.91 Å². The van der Waals surface area contributed by atoms with E-state index in [-0.39, 0.29) is 23.9 Å². The van der Waals surface area contributed by atoms with Crippen LogP contribution in [-0.2, 0) is 11.3 Å². The maximum Gasteiger partial charge on any atom is 0.255 e. The number of hydrogen-bond acceptors (Lipinski definition) is 2. The predicted molar refractivity (Wildman–Crippen MR) is 90.0 cm³/mol. The van der Waals surface area contributed by atoms with E-state index in [4.69, 9.17) is 0 Å². The number of benzene rings is 1. The number of rotatable bonds is 5. The maximum absolute atomic E-state index is 12.8. The van der Waals surface area contributed by atoms with Gasteiger partial charge in [-0.2, -0.15) is 0 Å². The smallest absolute Gasteiger partial charge is 0.255 e. The quantitative estimate of drug-likeness (QED) is 0.907. The highest BCUT2D eigenvalue weighted by molar-refractivity contribution is 6.01. The largest absolute Gasteiger partial charge is 0.352 e. The summed E-state index contributed by atoms with van der Waals surface area (Å²) in [6, 6.07) is 7.62. The van der Waals surface area contributed by atoms with Gasteiger partial charge in [0.05, 0.1) is 0 Å². The molecule has 2 aliphatic rings. The molecule has 1 N–H and O–H groups in total. The molecule has 1 saturated carbocycles. The van der Waals surface area contributed by atoms with Crippen LogP contribution in [-0.4, -0.2) is 28.8 Å². The number of hydrogen-bond donors (Lipinski definition) is 1. The molecule has 0 unspecified atom stereocenters. The second-order valence-corrected chi connectivity index (χ2v) is 6.74. The van der Waals surface area contributed by atoms with Crippen LogP contribution < -0.4 is 5.32 Å². The molecule has 1 aliphatic carbocycles. The van der Waals surface area contributed by atoms with Crippen molar-refractivity contribution in [2.24, 2.45) is 0 Å². The van der Waals surface area contributed by atoms with Gasteiger partial charge in [-0.1, -0.05) is 50.8 Å². The third-order valence-corrected chi connectivity index (χ3v) is 5.04. The van der Waals surface area contributed by atoms with E-state index in [9.17, 15) is 9.59 Å². The molecule has 0 bridgehead atoms. The van der Waals surface area contributed by atoms with E-state index in [2.05, 4.69) is 12.2 Å². The van der Waals surface area contributed by atoms with Gasteiger partial charge in [0.2, 0.25) is 5.91 Å². The normalized spacial score (nSPS) is 19.5. The van der Waals surface area contributed by atoms with E-state index >= 15 is 0 Å². The molecule has 1 aromatic carbocycles. The standard InChI is InChI=1S/C19H26N2O2/c1-2-8-17(18(22)20-15-10-4-3-5-11-15)21-13-14-9-6-7-12-16(14)19(21)23/h6-7,9,12,15,17H,2-5,8,10-11,13H2,1H3,(H,20,22)/t17-/m0/s1. The minimum Gasteiger partial charge on any atom is -0.352 e. The number of nitrogens with one attached hydrogen (secondary N) is 1. The Morgan fingerprint density at radius 1 is 1.26 bits per heavy atom. The highest BCUT2D eigenvalue weighted by Gasteiger charge is 2.36. The third kappa shape index (κ3) is 3.41. The minimum absolute atomic E-state index is 0.00200. The van der Waals surface area contributed by atoms with Crippen LogP contribution in [0.3, 0.4) is 0 Å². The summed E-state index contributed by atoms with van der Waals surface area (Å²) in [6.07, 6.45) is 7.40. The Kier molecular flexibility index (Phi) is 4.99. The third-order valence-electron chi connectivity index (χ3n) is 5.04. The molecule has 0 aromatic heterocycles. The molecule has 1 heterocycles. The monoisotopic (exact) mass is 314 g/mol. The van der Waals surface area contributed by atoms with Crippen LogP contribution in [0.4, 0.5) is 0 Å². The summed E-state index contributed by atoms with van der Waals surface area (Å²) in [5.41, 5.74) is 1.78. The highest BCUT2D eigenvalue weighted by atomic mass is 16.2. The molecule has 3 rings (SSSR count). The van der Waals surface area contributed by atoms with Gasteiger partial charge in [0, 0.05) is 18.2 Å². The van der Waals surface area contributed by atoms with Crippen LogP contribution in [0, 0.1) is 0 Å². The molecule has 23 heavy (non-hydrogen) atoms. The van der Waals surface area contributed by atoms with Crippen molar-refractivity contribution >= 4 is 11.8 Å². The summed E-state index contributed by atoms with van der Waals surface area (Å²) < 4.78 is 0. The van der Waals surface area contributed by atoms with Crippen molar-refractivity contribution in [2.75, 3.05) is 0 Å². The Hall–Kier alpha value is -1.84. The van der Waals surface area contributed by atoms with Crippen LogP contribution in [0.25, 0.3) is 0 Å². The topological polar surface area (TPSA) is 49.4 Å². The predicted octanol–water partition coefficient (Wildman–Crippen LogP) is 3.26. The number of carbonyl (C=O) groups excluding carboxylic acids is 2. The summed E-state index contributed by atoms with van der Waals surface area (Å²) in [4.78, 5) is 27.2. The summed E-state index contributed by atoms with van der Waals surface area (Å²) in [6.45, 7) is 2.62. The number of fused-ring (bicyclic) bond motifs is 1. The molecule has 2 amide bonds. The molecule has 1 fully saturated rings. The molecular weight excluding hydrogens is 288 g/mol. The molecule has 0 spiro atoms. The first-order chi connectivity index (χ1) is 11.2. The van der Waals surface area contributed by atoms with Crippen molar-refractivity contribution in [3.05, 3.63) is 35.4 Å². The van der Waals surface area contributed by atoms with E-state index in [1.54, 1.807) is 4.90 Å². The van der Waals surface area contributed by atoms with Crippen LogP contribution >= 0.6 is 0 Å². The number of carbonyl (C=O) groups is 2. The number of amides is 2. The van der Waals surface area contributed by atoms with Crippen molar-refractivity contribution in [3.8, 4) is 0 Å². The van der Waals surface area contributed by atoms with Crippen molar-refractivity contribution in [1.82, 2.24) is 10.2 Å². The molecular formula is C19H26N2O2. The average molecular weight is 314 g/mol. The van der Waals surface area contributed by atoms with Crippen LogP contribution in [0.5, 0.6) is 0 Å². The number of nitrogens with zero attached hydrogens (tertiary/aromatic N) is 1. The van der Waals surface area contributed by atoms with Crippen LogP contribution in [0.2, 0.25) is 0 Å². The van der Waals surface area contributed by atoms with Gasteiger partial charge < -0.3 is 10.2 Å². The van der Waals surface area contributed by atoms with E-state index in [0.717, 1.165) is 36.8 Å². The summed E-state index contributed by atoms with van der Waals surface area (Å²) in [7, 11) is 0. The lowest BCUT2D eigenvalue weighted by molar-refractivity contribution is -0.127. The molecule has 0 saturated heterocycles. The van der Waals surface area contributed by atoms with E-state index < -0.39 is 0 Å². The van der Waals surface area contributed by atoms with Gasteiger partial charge in [0.15, 0.2) is 0 Å². The SMILES string of the molecule is CCC[C@@H](C(=O)NC1CCCCC1)N1Cc2ccccc2C1=O. The van der Waals surface area contributed by atoms with Crippen molar-refractivity contribution in [1.29, 1.82) is 0 Å². The van der Waals surface area contributed by atoms with Gasteiger partial charge in [-0.05, 0) is 30.9 Å². The Morgan fingerprint density at radius 3 is 2.70 bits per heavy atom. The van der Waals surface area contributed by atoms with E-state index in [0.29, 0.717) is 6.54 Å². The van der Waals surface area contributed by atoms with Crippen LogP contribution in [0.1, 0.15) is 67.8 Å². The fourth-order valence-electron chi connectivity index (χ4n) is 3.77. The van der Waals surface area contributed by atoms with Gasteiger partial charge in [-0.15, -0.1) is 0 Å².